The Morgan fingerprint density at radius 3 is 2.43 bits per heavy atom. The topological polar surface area (TPSA) is 75.7 Å². The largest absolute Gasteiger partial charge is 0.491 e. The van der Waals surface area contributed by atoms with Gasteiger partial charge in [0.05, 0.1) is 18.5 Å². The lowest BCUT2D eigenvalue weighted by Crippen LogP contribution is -2.41. The molecule has 0 fully saturated rings. The first-order chi connectivity index (χ1) is 13.1. The Morgan fingerprint density at radius 2 is 1.79 bits per heavy atom. The summed E-state index contributed by atoms with van der Waals surface area (Å²) in [5, 5.41) is 2.72. The molecule has 0 saturated heterocycles. The van der Waals surface area contributed by atoms with Gasteiger partial charge in [0.1, 0.15) is 18.9 Å². The van der Waals surface area contributed by atoms with Gasteiger partial charge in [0.25, 0.3) is 0 Å². The van der Waals surface area contributed by atoms with Crippen LogP contribution in [0.3, 0.4) is 0 Å². The second kappa shape index (κ2) is 9.10. The fourth-order valence-corrected chi connectivity index (χ4v) is 3.80. The average Bonchev–Trinajstić information content (AvgIpc) is 2.60. The van der Waals surface area contributed by atoms with Crippen LogP contribution < -0.4 is 14.4 Å². The zero-order valence-electron chi connectivity index (χ0n) is 17.1. The third kappa shape index (κ3) is 5.73. The summed E-state index contributed by atoms with van der Waals surface area (Å²) in [5.41, 5.74) is 4.54. The van der Waals surface area contributed by atoms with E-state index in [0.29, 0.717) is 12.3 Å². The van der Waals surface area contributed by atoms with Crippen LogP contribution in [0, 0.1) is 27.7 Å². The molecule has 1 N–H and O–H groups in total. The van der Waals surface area contributed by atoms with Crippen LogP contribution in [-0.4, -0.2) is 40.3 Å². The van der Waals surface area contributed by atoms with Crippen molar-refractivity contribution in [1.29, 1.82) is 0 Å². The van der Waals surface area contributed by atoms with E-state index in [1.165, 1.54) is 0 Å². The van der Waals surface area contributed by atoms with Crippen molar-refractivity contribution in [3.8, 4) is 5.75 Å². The molecule has 0 aliphatic heterocycles. The summed E-state index contributed by atoms with van der Waals surface area (Å²) in [5.74, 6) is 0.400. The SMILES string of the molecule is Cc1ccc(N(CC(=O)NCCOc2cccc(C)c2C)S(C)(=O)=O)c(C)c1. The van der Waals surface area contributed by atoms with Gasteiger partial charge >= 0.3 is 0 Å². The smallest absolute Gasteiger partial charge is 0.240 e. The van der Waals surface area contributed by atoms with Gasteiger partial charge in [-0.05, 0) is 56.5 Å². The van der Waals surface area contributed by atoms with Gasteiger partial charge in [-0.1, -0.05) is 29.8 Å². The minimum atomic E-state index is -3.59. The zero-order valence-corrected chi connectivity index (χ0v) is 17.9. The van der Waals surface area contributed by atoms with E-state index >= 15 is 0 Å². The van der Waals surface area contributed by atoms with Crippen LogP contribution in [0.5, 0.6) is 5.75 Å². The molecule has 2 aromatic carbocycles. The average molecular weight is 405 g/mol. The summed E-state index contributed by atoms with van der Waals surface area (Å²) < 4.78 is 31.3. The molecule has 0 aromatic heterocycles. The minimum Gasteiger partial charge on any atom is -0.491 e. The highest BCUT2D eigenvalue weighted by atomic mass is 32.2. The van der Waals surface area contributed by atoms with Crippen LogP contribution in [0.4, 0.5) is 5.69 Å². The molecule has 6 nitrogen and oxygen atoms in total. The fourth-order valence-electron chi connectivity index (χ4n) is 2.88. The van der Waals surface area contributed by atoms with Crippen LogP contribution in [0.15, 0.2) is 36.4 Å². The number of carbonyl (C=O) groups excluding carboxylic acids is 1. The number of ether oxygens (including phenoxy) is 1. The third-order valence-corrected chi connectivity index (χ3v) is 5.67. The second-order valence-corrected chi connectivity index (χ2v) is 8.86. The second-order valence-electron chi connectivity index (χ2n) is 6.96. The monoisotopic (exact) mass is 404 g/mol. The van der Waals surface area contributed by atoms with Gasteiger partial charge in [0, 0.05) is 0 Å². The summed E-state index contributed by atoms with van der Waals surface area (Å²) in [7, 11) is -3.59. The van der Waals surface area contributed by atoms with Gasteiger partial charge in [0.15, 0.2) is 0 Å². The molecule has 0 heterocycles. The maximum atomic E-state index is 12.3. The van der Waals surface area contributed by atoms with Crippen LogP contribution in [-0.2, 0) is 14.8 Å². The van der Waals surface area contributed by atoms with Crippen molar-refractivity contribution in [2.24, 2.45) is 0 Å². The predicted octanol–water partition coefficient (Wildman–Crippen LogP) is 2.88. The molecule has 0 atom stereocenters. The lowest BCUT2D eigenvalue weighted by atomic mass is 10.1. The van der Waals surface area contributed by atoms with Crippen molar-refractivity contribution in [3.05, 3.63) is 58.7 Å². The fraction of sp³-hybridized carbons (Fsp3) is 0.381. The van der Waals surface area contributed by atoms with E-state index in [0.717, 1.165) is 38.6 Å². The summed E-state index contributed by atoms with van der Waals surface area (Å²) in [4.78, 5) is 12.3. The third-order valence-electron chi connectivity index (χ3n) is 4.55. The molecule has 0 saturated carbocycles. The van der Waals surface area contributed by atoms with Crippen molar-refractivity contribution in [1.82, 2.24) is 5.32 Å². The van der Waals surface area contributed by atoms with Crippen molar-refractivity contribution in [2.75, 3.05) is 30.3 Å². The van der Waals surface area contributed by atoms with Gasteiger partial charge in [0.2, 0.25) is 15.9 Å². The van der Waals surface area contributed by atoms with Crippen molar-refractivity contribution in [2.45, 2.75) is 27.7 Å². The van der Waals surface area contributed by atoms with E-state index in [-0.39, 0.29) is 19.0 Å². The normalized spacial score (nSPS) is 11.2. The molecule has 152 valence electrons. The number of nitrogens with zero attached hydrogens (tertiary/aromatic N) is 1. The van der Waals surface area contributed by atoms with E-state index in [1.807, 2.05) is 58.0 Å². The van der Waals surface area contributed by atoms with Crippen LogP contribution in [0.25, 0.3) is 0 Å². The Kier molecular flexibility index (Phi) is 7.07. The van der Waals surface area contributed by atoms with Gasteiger partial charge in [-0.2, -0.15) is 0 Å². The molecule has 0 radical (unpaired) electrons. The highest BCUT2D eigenvalue weighted by Gasteiger charge is 2.22. The molecule has 0 aliphatic carbocycles. The summed E-state index contributed by atoms with van der Waals surface area (Å²) in [6.07, 6.45) is 1.10. The Labute approximate surface area is 167 Å². The number of hydrogen-bond donors (Lipinski definition) is 1. The number of anilines is 1. The maximum Gasteiger partial charge on any atom is 0.240 e. The molecule has 0 aliphatic rings. The number of benzene rings is 2. The van der Waals surface area contributed by atoms with Crippen LogP contribution in [0.2, 0.25) is 0 Å². The van der Waals surface area contributed by atoms with E-state index in [1.54, 1.807) is 6.07 Å². The molecule has 2 rings (SSSR count). The van der Waals surface area contributed by atoms with Gasteiger partial charge in [-0.3, -0.25) is 9.10 Å². The number of nitrogens with one attached hydrogen (secondary N) is 1. The number of rotatable bonds is 8. The lowest BCUT2D eigenvalue weighted by Gasteiger charge is -2.24. The number of hydrogen-bond acceptors (Lipinski definition) is 4. The zero-order chi connectivity index (χ0) is 20.9. The minimum absolute atomic E-state index is 0.272. The number of aryl methyl sites for hydroxylation is 3. The van der Waals surface area contributed by atoms with Crippen molar-refractivity contribution in [3.63, 3.8) is 0 Å². The molecule has 7 heteroatoms. The Bertz CT molecular complexity index is 955. The molecule has 1 amide bonds. The molecule has 0 bridgehead atoms. The van der Waals surface area contributed by atoms with E-state index < -0.39 is 10.0 Å². The van der Waals surface area contributed by atoms with E-state index in [2.05, 4.69) is 5.32 Å². The summed E-state index contributed by atoms with van der Waals surface area (Å²) >= 11 is 0. The first-order valence-corrected chi connectivity index (χ1v) is 10.9. The first-order valence-electron chi connectivity index (χ1n) is 9.10. The molecule has 2 aromatic rings. The number of amides is 1. The number of carbonyl (C=O) groups is 1. The van der Waals surface area contributed by atoms with Crippen LogP contribution in [0.1, 0.15) is 22.3 Å². The Balaban J connectivity index is 1.96. The highest BCUT2D eigenvalue weighted by molar-refractivity contribution is 7.92. The standard InChI is InChI=1S/C21H28N2O4S/c1-15-9-10-19(17(3)13-15)23(28(5,25)26)14-21(24)22-11-12-27-20-8-6-7-16(2)18(20)4/h6-10,13H,11-12,14H2,1-5H3,(H,22,24). The maximum absolute atomic E-state index is 12.3. The first kappa shape index (κ1) is 21.8. The van der Waals surface area contributed by atoms with Gasteiger partial charge in [-0.15, -0.1) is 0 Å². The number of sulfonamides is 1. The quantitative estimate of drug-likeness (QED) is 0.687. The van der Waals surface area contributed by atoms with E-state index in [9.17, 15) is 13.2 Å². The molecule has 0 spiro atoms. The molecular formula is C21H28N2O4S. The summed E-state index contributed by atoms with van der Waals surface area (Å²) in [6.45, 7) is 8.08. The van der Waals surface area contributed by atoms with Crippen molar-refractivity contribution < 1.29 is 17.9 Å². The molecule has 28 heavy (non-hydrogen) atoms. The Hall–Kier alpha value is -2.54. The van der Waals surface area contributed by atoms with Crippen LogP contribution >= 0.6 is 0 Å². The van der Waals surface area contributed by atoms with Gasteiger partial charge in [-0.25, -0.2) is 8.42 Å². The van der Waals surface area contributed by atoms with E-state index in [4.69, 9.17) is 4.74 Å². The predicted molar refractivity (Wildman–Crippen MR) is 113 cm³/mol. The lowest BCUT2D eigenvalue weighted by molar-refractivity contribution is -0.119. The van der Waals surface area contributed by atoms with Gasteiger partial charge < -0.3 is 10.1 Å². The molecule has 0 unspecified atom stereocenters. The van der Waals surface area contributed by atoms with Crippen molar-refractivity contribution >= 4 is 21.6 Å². The molecular weight excluding hydrogens is 376 g/mol. The Morgan fingerprint density at radius 1 is 1.07 bits per heavy atom. The highest BCUT2D eigenvalue weighted by Crippen LogP contribution is 2.23. The summed E-state index contributed by atoms with van der Waals surface area (Å²) in [6, 6.07) is 11.3.